The molecule has 3 aromatic rings. The molecule has 3 aromatic carbocycles. The maximum Gasteiger partial charge on any atom is 0.270 e. The van der Waals surface area contributed by atoms with E-state index in [9.17, 15) is 13.2 Å². The summed E-state index contributed by atoms with van der Waals surface area (Å²) in [6, 6.07) is 25.5. The van der Waals surface area contributed by atoms with E-state index in [2.05, 4.69) is 5.32 Å². The van der Waals surface area contributed by atoms with Gasteiger partial charge in [-0.15, -0.1) is 0 Å². The highest BCUT2D eigenvalue weighted by Gasteiger charge is 2.39. The Kier molecular flexibility index (Phi) is 5.18. The van der Waals surface area contributed by atoms with Crippen molar-refractivity contribution in [3.8, 4) is 0 Å². The molecule has 0 saturated carbocycles. The smallest absolute Gasteiger partial charge is 0.270 e. The van der Waals surface area contributed by atoms with Crippen LogP contribution in [0.15, 0.2) is 89.8 Å². The predicted molar refractivity (Wildman–Crippen MR) is 119 cm³/mol. The zero-order valence-corrected chi connectivity index (χ0v) is 17.6. The first kappa shape index (κ1) is 19.9. The molecule has 1 aliphatic rings. The summed E-state index contributed by atoms with van der Waals surface area (Å²) in [6.07, 6.45) is 0. The van der Waals surface area contributed by atoms with Crippen LogP contribution in [0.2, 0.25) is 0 Å². The third-order valence-electron chi connectivity index (χ3n) is 5.27. The second kappa shape index (κ2) is 7.80. The Balaban J connectivity index is 1.90. The molecule has 1 unspecified atom stereocenters. The number of carbonyl (C=O) groups is 1. The summed E-state index contributed by atoms with van der Waals surface area (Å²) in [7, 11) is -2.56. The first-order valence-corrected chi connectivity index (χ1v) is 11.1. The number of amides is 1. The monoisotopic (exact) mass is 418 g/mol. The van der Waals surface area contributed by atoms with Gasteiger partial charge in [0, 0.05) is 18.2 Å². The van der Waals surface area contributed by atoms with Crippen molar-refractivity contribution in [2.75, 3.05) is 11.4 Å². The number of sulfonamides is 1. The zero-order valence-electron chi connectivity index (χ0n) is 16.7. The van der Waals surface area contributed by atoms with E-state index >= 15 is 0 Å². The minimum Gasteiger partial charge on any atom is -0.345 e. The minimum atomic E-state index is -4.04. The maximum atomic E-state index is 13.4. The number of para-hydroxylation sites is 1. The second-order valence-corrected chi connectivity index (χ2v) is 9.07. The molecule has 1 heterocycles. The highest BCUT2D eigenvalue weighted by atomic mass is 32.2. The summed E-state index contributed by atoms with van der Waals surface area (Å²) in [6.45, 7) is 1.84. The first-order valence-electron chi connectivity index (χ1n) is 9.65. The van der Waals surface area contributed by atoms with Gasteiger partial charge in [0.25, 0.3) is 15.9 Å². The van der Waals surface area contributed by atoms with E-state index in [1.54, 1.807) is 12.1 Å². The van der Waals surface area contributed by atoms with Gasteiger partial charge in [0.15, 0.2) is 4.91 Å². The van der Waals surface area contributed by atoms with E-state index in [0.717, 1.165) is 5.56 Å². The Morgan fingerprint density at radius 2 is 1.43 bits per heavy atom. The lowest BCUT2D eigenvalue weighted by Crippen LogP contribution is -2.40. The van der Waals surface area contributed by atoms with Crippen LogP contribution in [0, 0.1) is 0 Å². The fourth-order valence-corrected chi connectivity index (χ4v) is 5.16. The molecular formula is C24H22N2O3S. The Bertz CT molecular complexity index is 1220. The van der Waals surface area contributed by atoms with Crippen molar-refractivity contribution < 1.29 is 13.2 Å². The molecule has 1 N–H and O–H groups in total. The summed E-state index contributed by atoms with van der Waals surface area (Å²) >= 11 is 0. The summed E-state index contributed by atoms with van der Waals surface area (Å²) in [5.41, 5.74) is 3.25. The van der Waals surface area contributed by atoms with Gasteiger partial charge in [-0.25, -0.2) is 8.42 Å². The Labute approximate surface area is 176 Å². The molecule has 0 radical (unpaired) electrons. The molecule has 1 aliphatic heterocycles. The minimum absolute atomic E-state index is 0.238. The van der Waals surface area contributed by atoms with Crippen LogP contribution in [0.1, 0.15) is 29.7 Å². The quantitative estimate of drug-likeness (QED) is 0.694. The molecule has 1 atom stereocenters. The van der Waals surface area contributed by atoms with Crippen LogP contribution in [-0.2, 0) is 14.8 Å². The van der Waals surface area contributed by atoms with Crippen LogP contribution >= 0.6 is 0 Å². The lowest BCUT2D eigenvalue weighted by molar-refractivity contribution is -0.117. The highest BCUT2D eigenvalue weighted by molar-refractivity contribution is 7.97. The average Bonchev–Trinajstić information content (AvgIpc) is 2.77. The highest BCUT2D eigenvalue weighted by Crippen LogP contribution is 2.42. The normalized spacial score (nSPS) is 16.0. The molecular weight excluding hydrogens is 396 g/mol. The average molecular weight is 419 g/mol. The number of nitrogens with zero attached hydrogens (tertiary/aromatic N) is 1. The molecule has 0 fully saturated rings. The number of carbonyl (C=O) groups excluding carboxylic acids is 1. The van der Waals surface area contributed by atoms with Crippen LogP contribution in [0.3, 0.4) is 0 Å². The van der Waals surface area contributed by atoms with Crippen LogP contribution in [0.25, 0.3) is 5.57 Å². The van der Waals surface area contributed by atoms with Gasteiger partial charge >= 0.3 is 0 Å². The number of hydrogen-bond donors (Lipinski definition) is 1. The number of benzene rings is 3. The van der Waals surface area contributed by atoms with Gasteiger partial charge in [-0.2, -0.15) is 0 Å². The van der Waals surface area contributed by atoms with E-state index in [-0.39, 0.29) is 10.9 Å². The molecule has 0 saturated heterocycles. The van der Waals surface area contributed by atoms with Crippen molar-refractivity contribution in [2.24, 2.45) is 0 Å². The molecule has 6 heteroatoms. The Morgan fingerprint density at radius 1 is 0.867 bits per heavy atom. The van der Waals surface area contributed by atoms with Gasteiger partial charge in [0.1, 0.15) is 0 Å². The number of anilines is 1. The van der Waals surface area contributed by atoms with E-state index < -0.39 is 15.9 Å². The van der Waals surface area contributed by atoms with Crippen LogP contribution in [-0.4, -0.2) is 21.4 Å². The summed E-state index contributed by atoms with van der Waals surface area (Å²) in [5.74, 6) is -0.619. The number of hydrogen-bond acceptors (Lipinski definition) is 3. The first-order chi connectivity index (χ1) is 14.4. The van der Waals surface area contributed by atoms with E-state index in [4.69, 9.17) is 0 Å². The van der Waals surface area contributed by atoms with Gasteiger partial charge in [-0.3, -0.25) is 9.10 Å². The Hall–Kier alpha value is -3.38. The van der Waals surface area contributed by atoms with Crippen LogP contribution in [0.5, 0.6) is 0 Å². The van der Waals surface area contributed by atoms with E-state index in [1.165, 1.54) is 11.4 Å². The van der Waals surface area contributed by atoms with Crippen molar-refractivity contribution in [3.05, 3.63) is 107 Å². The topological polar surface area (TPSA) is 66.5 Å². The molecule has 0 spiro atoms. The molecule has 0 aromatic heterocycles. The Morgan fingerprint density at radius 3 is 2.10 bits per heavy atom. The number of fused-ring (bicyclic) bond motifs is 1. The van der Waals surface area contributed by atoms with Gasteiger partial charge in [-0.05, 0) is 24.1 Å². The summed E-state index contributed by atoms with van der Waals surface area (Å²) in [4.78, 5) is 13.1. The summed E-state index contributed by atoms with van der Waals surface area (Å²) < 4.78 is 28.0. The van der Waals surface area contributed by atoms with Crippen LogP contribution < -0.4 is 9.62 Å². The molecule has 30 heavy (non-hydrogen) atoms. The molecule has 152 valence electrons. The van der Waals surface area contributed by atoms with Gasteiger partial charge < -0.3 is 5.32 Å². The molecule has 4 rings (SSSR count). The van der Waals surface area contributed by atoms with Crippen LogP contribution in [0.4, 0.5) is 5.69 Å². The largest absolute Gasteiger partial charge is 0.345 e. The third kappa shape index (κ3) is 3.39. The fraction of sp³-hybridized carbons (Fsp3) is 0.125. The number of nitrogens with one attached hydrogen (secondary N) is 1. The second-order valence-electron chi connectivity index (χ2n) is 7.17. The third-order valence-corrected chi connectivity index (χ3v) is 7.10. The van der Waals surface area contributed by atoms with Gasteiger partial charge in [-0.1, -0.05) is 78.9 Å². The lowest BCUT2D eigenvalue weighted by atomic mass is 9.95. The van der Waals surface area contributed by atoms with E-state index in [0.29, 0.717) is 22.4 Å². The molecule has 0 aliphatic carbocycles. The maximum absolute atomic E-state index is 13.4. The van der Waals surface area contributed by atoms with E-state index in [1.807, 2.05) is 79.7 Å². The molecule has 0 bridgehead atoms. The van der Waals surface area contributed by atoms with Crippen molar-refractivity contribution in [1.82, 2.24) is 5.32 Å². The fourth-order valence-electron chi connectivity index (χ4n) is 3.69. The van der Waals surface area contributed by atoms with Crippen molar-refractivity contribution >= 4 is 27.2 Å². The standard InChI is InChI=1S/C24H22N2O3S/c1-17(18-11-5-3-6-12-18)25-24(27)23-22(19-13-7-4-8-14-19)20-15-9-10-16-21(20)26(2)30(23,28)29/h3-17H,1-2H3,(H,25,27). The van der Waals surface area contributed by atoms with Crippen molar-refractivity contribution in [1.29, 1.82) is 0 Å². The van der Waals surface area contributed by atoms with Gasteiger partial charge in [0.2, 0.25) is 0 Å². The van der Waals surface area contributed by atoms with Crippen molar-refractivity contribution in [2.45, 2.75) is 13.0 Å². The van der Waals surface area contributed by atoms with Gasteiger partial charge in [0.05, 0.1) is 11.7 Å². The zero-order chi connectivity index (χ0) is 21.3. The summed E-state index contributed by atoms with van der Waals surface area (Å²) in [5, 5.41) is 2.87. The number of rotatable bonds is 4. The molecule has 5 nitrogen and oxygen atoms in total. The predicted octanol–water partition coefficient (Wildman–Crippen LogP) is 4.10. The van der Waals surface area contributed by atoms with Crippen molar-refractivity contribution in [3.63, 3.8) is 0 Å². The SMILES string of the molecule is CC(NC(=O)C1=C(c2ccccc2)c2ccccc2N(C)S1(=O)=O)c1ccccc1. The lowest BCUT2D eigenvalue weighted by Gasteiger charge is -2.31. The molecule has 1 amide bonds.